The quantitative estimate of drug-likeness (QED) is 0.239. The molecule has 0 saturated heterocycles. The van der Waals surface area contributed by atoms with Crippen molar-refractivity contribution >= 4 is 50.9 Å². The second kappa shape index (κ2) is 11.7. The van der Waals surface area contributed by atoms with E-state index in [0.717, 1.165) is 31.9 Å². The number of hydrogen-bond acceptors (Lipinski definition) is 3. The molecule has 0 aliphatic carbocycles. The van der Waals surface area contributed by atoms with E-state index in [1.54, 1.807) is 0 Å². The first-order valence-corrected chi connectivity index (χ1v) is 12.5. The number of carbonyl (C=O) groups excluding carboxylic acids is 2. The molecule has 4 nitrogen and oxygen atoms in total. The fraction of sp³-hybridized carbons (Fsp3) is 0.0714. The smallest absolute Gasteiger partial charge is 0.242 e. The first-order chi connectivity index (χ1) is 16.6. The van der Waals surface area contributed by atoms with Crippen molar-refractivity contribution in [2.24, 2.45) is 0 Å². The van der Waals surface area contributed by atoms with Crippen LogP contribution in [0.25, 0.3) is 0 Å². The average molecular weight is 531 g/mol. The maximum Gasteiger partial charge on any atom is 0.242 e. The Morgan fingerprint density at radius 2 is 1.26 bits per heavy atom. The Bertz CT molecular complexity index is 1230. The Balaban J connectivity index is 1.44. The van der Waals surface area contributed by atoms with Crippen LogP contribution in [0, 0.1) is 0 Å². The number of thioether (sulfide) groups is 1. The summed E-state index contributed by atoms with van der Waals surface area (Å²) in [5.41, 5.74) is 3.35. The van der Waals surface area contributed by atoms with Crippen molar-refractivity contribution in [2.75, 3.05) is 10.6 Å². The van der Waals surface area contributed by atoms with Crippen LogP contribution in [-0.4, -0.2) is 11.8 Å². The number of halogens is 1. The van der Waals surface area contributed by atoms with Crippen LogP contribution in [0.1, 0.15) is 16.4 Å². The van der Waals surface area contributed by atoms with Crippen LogP contribution in [0.4, 0.5) is 11.4 Å². The van der Waals surface area contributed by atoms with Gasteiger partial charge in [-0.2, -0.15) is 0 Å². The molecule has 34 heavy (non-hydrogen) atoms. The van der Waals surface area contributed by atoms with E-state index in [1.165, 1.54) is 11.8 Å². The van der Waals surface area contributed by atoms with E-state index < -0.39 is 5.25 Å². The first kappa shape index (κ1) is 23.8. The molecule has 0 radical (unpaired) electrons. The van der Waals surface area contributed by atoms with Crippen LogP contribution >= 0.6 is 27.7 Å². The second-order valence-electron chi connectivity index (χ2n) is 7.64. The maximum absolute atomic E-state index is 13.2. The normalized spacial score (nSPS) is 11.4. The van der Waals surface area contributed by atoms with Gasteiger partial charge in [0.1, 0.15) is 5.25 Å². The lowest BCUT2D eigenvalue weighted by atomic mass is 10.1. The number of anilines is 2. The zero-order chi connectivity index (χ0) is 23.8. The molecule has 4 aromatic carbocycles. The largest absolute Gasteiger partial charge is 0.326 e. The molecule has 0 saturated carbocycles. The minimum atomic E-state index is -0.427. The summed E-state index contributed by atoms with van der Waals surface area (Å²) in [7, 11) is 0. The predicted octanol–water partition coefficient (Wildman–Crippen LogP) is 7.10. The van der Waals surface area contributed by atoms with Crippen LogP contribution in [0.15, 0.2) is 119 Å². The van der Waals surface area contributed by atoms with Crippen molar-refractivity contribution in [2.45, 2.75) is 16.6 Å². The molecule has 2 amide bonds. The van der Waals surface area contributed by atoms with Crippen LogP contribution in [0.3, 0.4) is 0 Å². The van der Waals surface area contributed by atoms with Gasteiger partial charge in [-0.25, -0.2) is 0 Å². The molecule has 0 aliphatic rings. The van der Waals surface area contributed by atoms with Gasteiger partial charge in [-0.15, -0.1) is 11.8 Å². The van der Waals surface area contributed by atoms with Crippen molar-refractivity contribution in [1.82, 2.24) is 0 Å². The van der Waals surface area contributed by atoms with Gasteiger partial charge in [-0.05, 0) is 59.7 Å². The highest BCUT2D eigenvalue weighted by molar-refractivity contribution is 9.10. The molecule has 6 heteroatoms. The summed E-state index contributed by atoms with van der Waals surface area (Å²) in [6.07, 6.45) is 0.323. The minimum absolute atomic E-state index is 0.0670. The second-order valence-corrected chi connectivity index (χ2v) is 9.73. The summed E-state index contributed by atoms with van der Waals surface area (Å²) in [6.45, 7) is 0. The number of rotatable bonds is 8. The molecule has 0 heterocycles. The Morgan fingerprint density at radius 3 is 1.91 bits per heavy atom. The molecule has 1 atom stereocenters. The number of hydrogen-bond donors (Lipinski definition) is 2. The van der Waals surface area contributed by atoms with Crippen molar-refractivity contribution < 1.29 is 9.59 Å². The SMILES string of the molecule is O=C(Cc1ccccc1)Nc1ccc(SC(C(=O)Nc2ccc(Br)cc2)c2ccccc2)cc1. The van der Waals surface area contributed by atoms with Gasteiger partial charge in [-0.1, -0.05) is 76.6 Å². The van der Waals surface area contributed by atoms with Gasteiger partial charge < -0.3 is 10.6 Å². The van der Waals surface area contributed by atoms with Gasteiger partial charge in [0.25, 0.3) is 0 Å². The average Bonchev–Trinajstić information content (AvgIpc) is 2.86. The van der Waals surface area contributed by atoms with E-state index in [1.807, 2.05) is 109 Å². The van der Waals surface area contributed by atoms with Crippen LogP contribution < -0.4 is 10.6 Å². The van der Waals surface area contributed by atoms with Gasteiger partial charge in [0.2, 0.25) is 11.8 Å². The molecule has 0 spiro atoms. The monoisotopic (exact) mass is 530 g/mol. The number of benzene rings is 4. The van der Waals surface area contributed by atoms with Crippen LogP contribution in [0.2, 0.25) is 0 Å². The molecule has 0 bridgehead atoms. The third kappa shape index (κ3) is 6.83. The highest BCUT2D eigenvalue weighted by Gasteiger charge is 2.22. The van der Waals surface area contributed by atoms with Crippen LogP contribution in [-0.2, 0) is 16.0 Å². The zero-order valence-electron chi connectivity index (χ0n) is 18.3. The lowest BCUT2D eigenvalue weighted by Gasteiger charge is -2.17. The summed E-state index contributed by atoms with van der Waals surface area (Å²) in [5, 5.41) is 5.51. The molecule has 4 rings (SSSR count). The van der Waals surface area contributed by atoms with Crippen molar-refractivity contribution in [3.63, 3.8) is 0 Å². The molecule has 1 unspecified atom stereocenters. The third-order valence-corrected chi connectivity index (χ3v) is 6.85. The van der Waals surface area contributed by atoms with Gasteiger partial charge in [0.15, 0.2) is 0 Å². The predicted molar refractivity (Wildman–Crippen MR) is 143 cm³/mol. The summed E-state index contributed by atoms with van der Waals surface area (Å²) in [6, 6.07) is 34.4. The molecule has 0 aliphatic heterocycles. The molecule has 170 valence electrons. The summed E-state index contributed by atoms with van der Waals surface area (Å²) in [4.78, 5) is 26.5. The minimum Gasteiger partial charge on any atom is -0.326 e. The Kier molecular flexibility index (Phi) is 8.17. The fourth-order valence-electron chi connectivity index (χ4n) is 3.38. The van der Waals surface area contributed by atoms with Crippen molar-refractivity contribution in [3.05, 3.63) is 125 Å². The van der Waals surface area contributed by atoms with Crippen molar-refractivity contribution in [3.8, 4) is 0 Å². The topological polar surface area (TPSA) is 58.2 Å². The third-order valence-electron chi connectivity index (χ3n) is 5.05. The number of carbonyl (C=O) groups is 2. The molecular formula is C28H23BrN2O2S. The lowest BCUT2D eigenvalue weighted by molar-refractivity contribution is -0.116. The highest BCUT2D eigenvalue weighted by Crippen LogP contribution is 2.36. The van der Waals surface area contributed by atoms with Gasteiger partial charge in [0.05, 0.1) is 6.42 Å². The van der Waals surface area contributed by atoms with Gasteiger partial charge >= 0.3 is 0 Å². The molecule has 0 fully saturated rings. The van der Waals surface area contributed by atoms with Gasteiger partial charge in [-0.3, -0.25) is 9.59 Å². The van der Waals surface area contributed by atoms with E-state index in [-0.39, 0.29) is 11.8 Å². The van der Waals surface area contributed by atoms with Gasteiger partial charge in [0, 0.05) is 20.7 Å². The molecular weight excluding hydrogens is 508 g/mol. The van der Waals surface area contributed by atoms with E-state index in [2.05, 4.69) is 26.6 Å². The standard InChI is InChI=1S/C28H23BrN2O2S/c29-22-11-13-24(14-12-22)31-28(33)27(21-9-5-2-6-10-21)34-25-17-15-23(16-18-25)30-26(32)19-20-7-3-1-4-8-20/h1-18,27H,19H2,(H,30,32)(H,31,33). The first-order valence-electron chi connectivity index (χ1n) is 10.8. The molecule has 4 aromatic rings. The number of nitrogens with one attached hydrogen (secondary N) is 2. The van der Waals surface area contributed by atoms with Crippen LogP contribution in [0.5, 0.6) is 0 Å². The lowest BCUT2D eigenvalue weighted by Crippen LogP contribution is -2.19. The molecule has 2 N–H and O–H groups in total. The maximum atomic E-state index is 13.2. The van der Waals surface area contributed by atoms with E-state index in [0.29, 0.717) is 6.42 Å². The number of amides is 2. The van der Waals surface area contributed by atoms with E-state index in [4.69, 9.17) is 0 Å². The fourth-order valence-corrected chi connectivity index (χ4v) is 4.67. The van der Waals surface area contributed by atoms with E-state index in [9.17, 15) is 9.59 Å². The summed E-state index contributed by atoms with van der Waals surface area (Å²) in [5.74, 6) is -0.165. The zero-order valence-corrected chi connectivity index (χ0v) is 20.7. The Morgan fingerprint density at radius 1 is 0.706 bits per heavy atom. The highest BCUT2D eigenvalue weighted by atomic mass is 79.9. The molecule has 0 aromatic heterocycles. The summed E-state index contributed by atoms with van der Waals surface area (Å²) < 4.78 is 0.954. The van der Waals surface area contributed by atoms with E-state index >= 15 is 0 Å². The Hall–Kier alpha value is -3.35. The summed E-state index contributed by atoms with van der Waals surface area (Å²) >= 11 is 4.88. The Labute approximate surface area is 211 Å². The van der Waals surface area contributed by atoms with Crippen molar-refractivity contribution in [1.29, 1.82) is 0 Å².